The predicted molar refractivity (Wildman–Crippen MR) is 131 cm³/mol. The molecule has 0 unspecified atom stereocenters. The Hall–Kier alpha value is -3.52. The van der Waals surface area contributed by atoms with Crippen LogP contribution in [0.15, 0.2) is 85.5 Å². The van der Waals surface area contributed by atoms with Gasteiger partial charge in [-0.25, -0.2) is 5.01 Å². The lowest BCUT2D eigenvalue weighted by Gasteiger charge is -2.27. The third-order valence-corrected chi connectivity index (χ3v) is 6.99. The zero-order valence-electron chi connectivity index (χ0n) is 18.8. The van der Waals surface area contributed by atoms with E-state index >= 15 is 0 Å². The van der Waals surface area contributed by atoms with E-state index in [-0.39, 0.29) is 29.5 Å². The summed E-state index contributed by atoms with van der Waals surface area (Å²) in [6.07, 6.45) is 8.20. The lowest BCUT2D eigenvalue weighted by molar-refractivity contribution is -0.131. The molecule has 7 nitrogen and oxygen atoms in total. The van der Waals surface area contributed by atoms with Gasteiger partial charge in [0.2, 0.25) is 5.91 Å². The number of nitrogens with zero attached hydrogens (tertiary/aromatic N) is 2. The van der Waals surface area contributed by atoms with E-state index in [4.69, 9.17) is 13.9 Å². The SMILES string of the molecule is CC(=O)Nc1ccc(SCC(=O)N2N=C3/C(=C/c4ccco4)CCC[C@@H]3[C@H]2c2ccco2)cc1. The first kappa shape index (κ1) is 22.3. The summed E-state index contributed by atoms with van der Waals surface area (Å²) in [7, 11) is 0. The highest BCUT2D eigenvalue weighted by molar-refractivity contribution is 8.00. The maximum absolute atomic E-state index is 13.4. The van der Waals surface area contributed by atoms with Gasteiger partial charge in [-0.2, -0.15) is 5.10 Å². The summed E-state index contributed by atoms with van der Waals surface area (Å²) >= 11 is 1.45. The van der Waals surface area contributed by atoms with Crippen LogP contribution in [0.1, 0.15) is 43.7 Å². The first-order chi connectivity index (χ1) is 16.6. The summed E-state index contributed by atoms with van der Waals surface area (Å²) in [4.78, 5) is 25.5. The Labute approximate surface area is 201 Å². The van der Waals surface area contributed by atoms with E-state index in [9.17, 15) is 9.59 Å². The number of hydrogen-bond donors (Lipinski definition) is 1. The molecule has 2 aromatic heterocycles. The van der Waals surface area contributed by atoms with E-state index in [1.807, 2.05) is 54.6 Å². The van der Waals surface area contributed by atoms with Crippen LogP contribution in [0.4, 0.5) is 5.69 Å². The average molecular weight is 476 g/mol. The number of nitrogens with one attached hydrogen (secondary N) is 1. The molecule has 174 valence electrons. The monoisotopic (exact) mass is 475 g/mol. The number of carbonyl (C=O) groups is 2. The van der Waals surface area contributed by atoms with Gasteiger partial charge in [0.05, 0.1) is 24.0 Å². The van der Waals surface area contributed by atoms with Crippen LogP contribution in [-0.2, 0) is 9.59 Å². The molecule has 0 spiro atoms. The second-order valence-electron chi connectivity index (χ2n) is 8.36. The van der Waals surface area contributed by atoms with Gasteiger partial charge in [-0.05, 0) is 79.4 Å². The third-order valence-electron chi connectivity index (χ3n) is 5.99. The molecular formula is C26H25N3O4S. The molecule has 2 amide bonds. The number of allylic oxidation sites excluding steroid dienone is 1. The number of hydrazone groups is 1. The summed E-state index contributed by atoms with van der Waals surface area (Å²) in [6, 6.07) is 14.8. The van der Waals surface area contributed by atoms with Crippen LogP contribution in [0.3, 0.4) is 0 Å². The minimum atomic E-state index is -0.249. The summed E-state index contributed by atoms with van der Waals surface area (Å²) in [5, 5.41) is 9.20. The molecule has 0 bridgehead atoms. The van der Waals surface area contributed by atoms with Gasteiger partial charge in [0.25, 0.3) is 5.91 Å². The molecule has 1 saturated carbocycles. The standard InChI is InChI=1S/C26H25N3O4S/c1-17(30)27-19-9-11-21(12-10-19)34-16-24(31)29-26(23-8-4-14-33-23)22-7-2-5-18(25(22)28-29)15-20-6-3-13-32-20/h3-4,6,8-15,22,26H,2,5,7,16H2,1H3,(H,27,30)/b18-15+/t22-,26-/m0/s1. The van der Waals surface area contributed by atoms with Crippen LogP contribution in [0.25, 0.3) is 6.08 Å². The molecule has 0 saturated heterocycles. The Morgan fingerprint density at radius 3 is 2.65 bits per heavy atom. The van der Waals surface area contributed by atoms with Gasteiger partial charge in [-0.3, -0.25) is 9.59 Å². The van der Waals surface area contributed by atoms with E-state index in [1.54, 1.807) is 17.5 Å². The van der Waals surface area contributed by atoms with Crippen molar-refractivity contribution < 1.29 is 18.4 Å². The molecule has 5 rings (SSSR count). The molecule has 1 N–H and O–H groups in total. The van der Waals surface area contributed by atoms with Crippen LogP contribution in [0.5, 0.6) is 0 Å². The number of fused-ring (bicyclic) bond motifs is 1. The maximum Gasteiger partial charge on any atom is 0.253 e. The van der Waals surface area contributed by atoms with Crippen LogP contribution in [0, 0.1) is 5.92 Å². The van der Waals surface area contributed by atoms with Crippen molar-refractivity contribution in [3.63, 3.8) is 0 Å². The van der Waals surface area contributed by atoms with Gasteiger partial charge in [-0.1, -0.05) is 0 Å². The Bertz CT molecular complexity index is 1210. The Morgan fingerprint density at radius 1 is 1.15 bits per heavy atom. The molecule has 2 aliphatic rings. The second kappa shape index (κ2) is 9.77. The van der Waals surface area contributed by atoms with E-state index < -0.39 is 0 Å². The largest absolute Gasteiger partial charge is 0.467 e. The molecule has 3 aromatic rings. The quantitative estimate of drug-likeness (QED) is 0.459. The zero-order valence-corrected chi connectivity index (χ0v) is 19.6. The van der Waals surface area contributed by atoms with Crippen molar-refractivity contribution in [3.8, 4) is 0 Å². The molecular weight excluding hydrogens is 450 g/mol. The third kappa shape index (κ3) is 4.72. The van der Waals surface area contributed by atoms with Gasteiger partial charge >= 0.3 is 0 Å². The van der Waals surface area contributed by atoms with Crippen molar-refractivity contribution >= 4 is 41.1 Å². The van der Waals surface area contributed by atoms with Crippen molar-refractivity contribution in [1.82, 2.24) is 5.01 Å². The molecule has 1 aliphatic heterocycles. The van der Waals surface area contributed by atoms with Crippen LogP contribution in [0.2, 0.25) is 0 Å². The lowest BCUT2D eigenvalue weighted by Crippen LogP contribution is -2.32. The van der Waals surface area contributed by atoms with Crippen LogP contribution >= 0.6 is 11.8 Å². The van der Waals surface area contributed by atoms with Crippen molar-refractivity contribution in [1.29, 1.82) is 0 Å². The zero-order chi connectivity index (χ0) is 23.5. The fourth-order valence-electron chi connectivity index (χ4n) is 4.54. The highest BCUT2D eigenvalue weighted by atomic mass is 32.2. The van der Waals surface area contributed by atoms with Crippen LogP contribution < -0.4 is 5.32 Å². The molecule has 2 atom stereocenters. The summed E-state index contributed by atoms with van der Waals surface area (Å²) in [5.74, 6) is 1.69. The van der Waals surface area contributed by atoms with Crippen molar-refractivity contribution in [2.45, 2.75) is 37.1 Å². The second-order valence-corrected chi connectivity index (χ2v) is 9.41. The van der Waals surface area contributed by atoms with Gasteiger partial charge in [0.15, 0.2) is 0 Å². The summed E-state index contributed by atoms with van der Waals surface area (Å²) in [6.45, 7) is 1.47. The first-order valence-corrected chi connectivity index (χ1v) is 12.3. The fraction of sp³-hybridized carbons (Fsp3) is 0.269. The highest BCUT2D eigenvalue weighted by Gasteiger charge is 2.45. The molecule has 1 fully saturated rings. The Balaban J connectivity index is 1.36. The number of thioether (sulfide) groups is 1. The predicted octanol–water partition coefficient (Wildman–Crippen LogP) is 5.75. The molecule has 0 radical (unpaired) electrons. The summed E-state index contributed by atoms with van der Waals surface area (Å²) < 4.78 is 11.3. The minimum Gasteiger partial charge on any atom is -0.467 e. The normalized spacial score (nSPS) is 20.8. The average Bonchev–Trinajstić information content (AvgIpc) is 3.59. The number of furan rings is 2. The number of hydrogen-bond acceptors (Lipinski definition) is 6. The van der Waals surface area contributed by atoms with Crippen LogP contribution in [-0.4, -0.2) is 28.3 Å². The van der Waals surface area contributed by atoms with E-state index in [1.165, 1.54) is 18.7 Å². The highest BCUT2D eigenvalue weighted by Crippen LogP contribution is 2.44. The smallest absolute Gasteiger partial charge is 0.253 e. The number of anilines is 1. The molecule has 34 heavy (non-hydrogen) atoms. The number of amides is 2. The van der Waals surface area contributed by atoms with E-state index in [2.05, 4.69) is 5.32 Å². The molecule has 3 heterocycles. The topological polar surface area (TPSA) is 88.0 Å². The Kier molecular flexibility index (Phi) is 6.40. The van der Waals surface area contributed by atoms with Crippen molar-refractivity contribution in [2.75, 3.05) is 11.1 Å². The molecule has 1 aliphatic carbocycles. The van der Waals surface area contributed by atoms with E-state index in [0.717, 1.165) is 52.7 Å². The molecule has 1 aromatic carbocycles. The minimum absolute atomic E-state index is 0.0726. The van der Waals surface area contributed by atoms with E-state index in [0.29, 0.717) is 0 Å². The number of rotatable bonds is 6. The van der Waals surface area contributed by atoms with Crippen molar-refractivity contribution in [2.24, 2.45) is 11.0 Å². The fourth-order valence-corrected chi connectivity index (χ4v) is 5.29. The Morgan fingerprint density at radius 2 is 1.94 bits per heavy atom. The molecule has 8 heteroatoms. The van der Waals surface area contributed by atoms with Gasteiger partial charge in [0.1, 0.15) is 17.6 Å². The van der Waals surface area contributed by atoms with Gasteiger partial charge in [0, 0.05) is 23.4 Å². The number of benzene rings is 1. The summed E-state index contributed by atoms with van der Waals surface area (Å²) in [5.41, 5.74) is 2.79. The first-order valence-electron chi connectivity index (χ1n) is 11.3. The lowest BCUT2D eigenvalue weighted by atomic mass is 9.79. The number of carbonyl (C=O) groups excluding carboxylic acids is 2. The van der Waals surface area contributed by atoms with Gasteiger partial charge in [-0.15, -0.1) is 11.8 Å². The van der Waals surface area contributed by atoms with Gasteiger partial charge < -0.3 is 14.2 Å². The van der Waals surface area contributed by atoms with Crippen molar-refractivity contribution in [3.05, 3.63) is 78.2 Å². The maximum atomic E-state index is 13.4.